The molecule has 0 bridgehead atoms. The molecule has 3 heterocycles. The van der Waals surface area contributed by atoms with Crippen LogP contribution in [0.25, 0.3) is 70.7 Å². The molecule has 0 fully saturated rings. The summed E-state index contributed by atoms with van der Waals surface area (Å²) in [6.45, 7) is 0. The number of rotatable bonds is 6. The molecule has 2 atom stereocenters. The standard InChI is InChI=1S/C54H35N3P2Se2/c60-58(38-15-3-1-4-16-38,40-29-31-55-32-30-40)41-25-28-50-49(34-41)56-54-53-44-20-10-7-13-36(44)23-26-48(53)46-27-24-42(35-51(46)57(50)54)59(61,39-17-5-2-6-18-39)52-33-37-14-8-9-19-43(37)45-21-11-12-22-47(45)52/h1-35H. The van der Waals surface area contributed by atoms with Gasteiger partial charge in [0.15, 0.2) is 0 Å². The Balaban J connectivity index is 1.20. The van der Waals surface area contributed by atoms with Gasteiger partial charge in [0.05, 0.1) is 0 Å². The van der Waals surface area contributed by atoms with Gasteiger partial charge in [-0.15, -0.1) is 0 Å². The molecule has 288 valence electrons. The summed E-state index contributed by atoms with van der Waals surface area (Å²) < 4.78 is 2.44. The molecule has 3 aromatic heterocycles. The number of imidazole rings is 1. The number of benzene rings is 9. The summed E-state index contributed by atoms with van der Waals surface area (Å²) in [4.78, 5) is 10.0. The second-order valence-corrected chi connectivity index (χ2v) is 28.0. The molecule has 0 aliphatic heterocycles. The van der Waals surface area contributed by atoms with Crippen LogP contribution in [0.3, 0.4) is 0 Å². The third-order valence-electron chi connectivity index (χ3n) is 12.4. The molecule has 9 aromatic carbocycles. The van der Waals surface area contributed by atoms with Gasteiger partial charge in [0, 0.05) is 0 Å². The van der Waals surface area contributed by atoms with E-state index in [1.807, 2.05) is 12.4 Å². The van der Waals surface area contributed by atoms with Crippen molar-refractivity contribution in [1.82, 2.24) is 14.4 Å². The average molecular weight is 946 g/mol. The van der Waals surface area contributed by atoms with Crippen molar-refractivity contribution in [2.24, 2.45) is 0 Å². The summed E-state index contributed by atoms with van der Waals surface area (Å²) in [6, 6.07) is 73.9. The van der Waals surface area contributed by atoms with Gasteiger partial charge in [-0.25, -0.2) is 0 Å². The van der Waals surface area contributed by atoms with Crippen molar-refractivity contribution < 1.29 is 0 Å². The number of hydrogen-bond donors (Lipinski definition) is 0. The molecule has 0 saturated heterocycles. The van der Waals surface area contributed by atoms with Crippen molar-refractivity contribution in [1.29, 1.82) is 0 Å². The molecule has 0 N–H and O–H groups in total. The van der Waals surface area contributed by atoms with Crippen LogP contribution in [-0.2, 0) is 0 Å². The normalized spacial score (nSPS) is 14.0. The van der Waals surface area contributed by atoms with Crippen LogP contribution >= 0.6 is 11.0 Å². The predicted octanol–water partition coefficient (Wildman–Crippen LogP) is 10.4. The van der Waals surface area contributed by atoms with Gasteiger partial charge in [-0.05, 0) is 0 Å². The summed E-state index contributed by atoms with van der Waals surface area (Å²) in [5, 5.41) is 18.7. The molecule has 0 radical (unpaired) electrons. The first-order chi connectivity index (χ1) is 30.0. The van der Waals surface area contributed by atoms with Gasteiger partial charge >= 0.3 is 371 Å². The van der Waals surface area contributed by atoms with E-state index >= 15 is 0 Å². The molecule has 7 heteroatoms. The molecule has 12 rings (SSSR count). The number of nitrogens with zero attached hydrogens (tertiary/aromatic N) is 3. The van der Waals surface area contributed by atoms with E-state index in [4.69, 9.17) is 4.98 Å². The van der Waals surface area contributed by atoms with Gasteiger partial charge in [0.2, 0.25) is 0 Å². The number of hydrogen-bond acceptors (Lipinski definition) is 2. The van der Waals surface area contributed by atoms with Gasteiger partial charge in [-0.2, -0.15) is 0 Å². The fraction of sp³-hybridized carbons (Fsp3) is 0. The van der Waals surface area contributed by atoms with Gasteiger partial charge in [-0.1, -0.05) is 0 Å². The Bertz CT molecular complexity index is 3790. The fourth-order valence-electron chi connectivity index (χ4n) is 9.54. The monoisotopic (exact) mass is 947 g/mol. The summed E-state index contributed by atoms with van der Waals surface area (Å²) in [5.41, 5.74) is -0.344. The van der Waals surface area contributed by atoms with E-state index in [0.29, 0.717) is 0 Å². The molecule has 0 spiro atoms. The Kier molecular flexibility index (Phi) is 8.78. The first-order valence-electron chi connectivity index (χ1n) is 20.4. The van der Waals surface area contributed by atoms with E-state index in [0.717, 1.165) is 22.2 Å². The molecule has 61 heavy (non-hydrogen) atoms. The van der Waals surface area contributed by atoms with Crippen LogP contribution in [0, 0.1) is 0 Å². The van der Waals surface area contributed by atoms with Crippen LogP contribution in [0.5, 0.6) is 0 Å². The third-order valence-corrected chi connectivity index (χ3v) is 26.4. The van der Waals surface area contributed by atoms with Crippen LogP contribution in [0.1, 0.15) is 0 Å². The van der Waals surface area contributed by atoms with Crippen molar-refractivity contribution in [3.63, 3.8) is 0 Å². The summed E-state index contributed by atoms with van der Waals surface area (Å²) >= 11 is 7.69. The van der Waals surface area contributed by atoms with Crippen LogP contribution in [0.15, 0.2) is 213 Å². The van der Waals surface area contributed by atoms with Crippen LogP contribution in [0.4, 0.5) is 0 Å². The van der Waals surface area contributed by atoms with E-state index in [1.165, 1.54) is 80.3 Å². The zero-order valence-electron chi connectivity index (χ0n) is 32.8. The van der Waals surface area contributed by atoms with Crippen LogP contribution < -0.4 is 31.8 Å². The van der Waals surface area contributed by atoms with Gasteiger partial charge in [0.25, 0.3) is 0 Å². The van der Waals surface area contributed by atoms with Crippen molar-refractivity contribution in [3.05, 3.63) is 213 Å². The van der Waals surface area contributed by atoms with Gasteiger partial charge in [-0.3, -0.25) is 0 Å². The number of fused-ring (bicyclic) bond motifs is 13. The van der Waals surface area contributed by atoms with Crippen LogP contribution in [-0.4, -0.2) is 44.6 Å². The topological polar surface area (TPSA) is 30.2 Å². The van der Waals surface area contributed by atoms with E-state index in [2.05, 4.69) is 240 Å². The van der Waals surface area contributed by atoms with Crippen molar-refractivity contribution >= 4 is 144 Å². The maximum absolute atomic E-state index is 5.64. The van der Waals surface area contributed by atoms with E-state index < -0.39 is 11.0 Å². The minimum absolute atomic E-state index is 0.969. The Morgan fingerprint density at radius 1 is 0.377 bits per heavy atom. The molecule has 2 unspecified atom stereocenters. The van der Waals surface area contributed by atoms with E-state index in [1.54, 1.807) is 0 Å². The molecule has 12 aromatic rings. The summed E-state index contributed by atoms with van der Waals surface area (Å²) in [5.74, 6) is 0. The Morgan fingerprint density at radius 3 is 1.70 bits per heavy atom. The SMILES string of the molecule is [Se]=P(c1ccccc1)(c1ccncc1)c1ccc2c(c1)nc1c3c4ccccc4ccc3c3ccc(P(=[Se])(c4ccccc4)c4cc5ccccc5c5ccccc45)cc3n21. The Hall–Kier alpha value is -5.72. The zero-order chi connectivity index (χ0) is 40.7. The Labute approximate surface area is 368 Å². The molecule has 0 amide bonds. The quantitative estimate of drug-likeness (QED) is 0.0945. The fourth-order valence-corrected chi connectivity index (χ4v) is 19.7. The van der Waals surface area contributed by atoms with Crippen LogP contribution in [0.2, 0.25) is 0 Å². The third kappa shape index (κ3) is 5.63. The van der Waals surface area contributed by atoms with E-state index in [-0.39, 0.29) is 0 Å². The molecule has 3 nitrogen and oxygen atoms in total. The number of aromatic nitrogens is 3. The maximum atomic E-state index is 5.64. The molecule has 0 saturated carbocycles. The zero-order valence-corrected chi connectivity index (χ0v) is 38.0. The minimum atomic E-state index is -2.36. The van der Waals surface area contributed by atoms with E-state index in [9.17, 15) is 0 Å². The van der Waals surface area contributed by atoms with Gasteiger partial charge < -0.3 is 0 Å². The second kappa shape index (κ2) is 14.4. The first kappa shape index (κ1) is 37.1. The molecular formula is C54H35N3P2Se2. The average Bonchev–Trinajstić information content (AvgIpc) is 3.73. The first-order valence-corrected chi connectivity index (χ1v) is 28.4. The second-order valence-electron chi connectivity index (χ2n) is 15.6. The molecular weight excluding hydrogens is 910 g/mol. The molecule has 0 aliphatic carbocycles. The van der Waals surface area contributed by atoms with Crippen molar-refractivity contribution in [2.45, 2.75) is 0 Å². The molecule has 0 aliphatic rings. The predicted molar refractivity (Wildman–Crippen MR) is 267 cm³/mol. The number of pyridine rings is 2. The Morgan fingerprint density at radius 2 is 0.951 bits per heavy atom. The summed E-state index contributed by atoms with van der Waals surface area (Å²) in [6.07, 6.45) is 3.80. The van der Waals surface area contributed by atoms with Crippen molar-refractivity contribution in [2.75, 3.05) is 0 Å². The van der Waals surface area contributed by atoms with Crippen molar-refractivity contribution in [3.8, 4) is 0 Å². The van der Waals surface area contributed by atoms with Gasteiger partial charge in [0.1, 0.15) is 0 Å². The summed E-state index contributed by atoms with van der Waals surface area (Å²) in [7, 11) is 0.